The zero-order valence-electron chi connectivity index (χ0n) is 19.4. The number of benzene rings is 2. The standard InChI is InChI=1S/C26H32N2O5/c1-29-22-7-3-5-20(15-22)17-25-24(19-32-14-11-28-9-12-31-13-10-28)27-26(33-25)18-21-6-4-8-23(16-21)30-2/h3-8,15-16H,9-14,17-19H2,1-2H3. The number of methoxy groups -OCH3 is 2. The number of rotatable bonds is 11. The van der Waals surface area contributed by atoms with Crippen LogP contribution in [0, 0.1) is 0 Å². The first-order valence-corrected chi connectivity index (χ1v) is 11.3. The van der Waals surface area contributed by atoms with E-state index in [2.05, 4.69) is 11.0 Å². The second kappa shape index (κ2) is 11.8. The molecular formula is C26H32N2O5. The quantitative estimate of drug-likeness (QED) is 0.411. The molecule has 3 aromatic rings. The second-order valence-electron chi connectivity index (χ2n) is 8.04. The average molecular weight is 453 g/mol. The van der Waals surface area contributed by atoms with Gasteiger partial charge >= 0.3 is 0 Å². The van der Waals surface area contributed by atoms with Gasteiger partial charge in [-0.1, -0.05) is 24.3 Å². The third kappa shape index (κ3) is 6.81. The van der Waals surface area contributed by atoms with Crippen LogP contribution in [0.3, 0.4) is 0 Å². The van der Waals surface area contributed by atoms with E-state index in [9.17, 15) is 0 Å². The molecule has 0 N–H and O–H groups in total. The summed E-state index contributed by atoms with van der Waals surface area (Å²) < 4.78 is 28.3. The Kier molecular flexibility index (Phi) is 8.35. The SMILES string of the molecule is COc1cccc(Cc2nc(COCCN3CCOCC3)c(Cc3cccc(OC)c3)o2)c1. The molecule has 0 unspecified atom stereocenters. The summed E-state index contributed by atoms with van der Waals surface area (Å²) in [6.07, 6.45) is 1.22. The molecule has 1 fully saturated rings. The molecule has 0 saturated carbocycles. The maximum Gasteiger partial charge on any atom is 0.199 e. The Morgan fingerprint density at radius 2 is 1.58 bits per heavy atom. The van der Waals surface area contributed by atoms with Gasteiger partial charge in [0.05, 0.1) is 40.6 Å². The van der Waals surface area contributed by atoms with E-state index in [1.54, 1.807) is 14.2 Å². The van der Waals surface area contributed by atoms with Gasteiger partial charge in [0.15, 0.2) is 5.89 Å². The maximum absolute atomic E-state index is 6.22. The van der Waals surface area contributed by atoms with Crippen molar-refractivity contribution in [2.24, 2.45) is 0 Å². The molecule has 7 heteroatoms. The van der Waals surface area contributed by atoms with Crippen molar-refractivity contribution in [1.29, 1.82) is 0 Å². The van der Waals surface area contributed by atoms with E-state index in [0.29, 0.717) is 31.9 Å². The van der Waals surface area contributed by atoms with Crippen LogP contribution in [0.5, 0.6) is 11.5 Å². The van der Waals surface area contributed by atoms with Crippen molar-refractivity contribution in [3.8, 4) is 11.5 Å². The average Bonchev–Trinajstić information content (AvgIpc) is 3.23. The van der Waals surface area contributed by atoms with Crippen molar-refractivity contribution in [3.63, 3.8) is 0 Å². The first-order chi connectivity index (χ1) is 16.2. The molecule has 2 aromatic carbocycles. The zero-order chi connectivity index (χ0) is 22.9. The van der Waals surface area contributed by atoms with Crippen LogP contribution < -0.4 is 9.47 Å². The number of hydrogen-bond acceptors (Lipinski definition) is 7. The van der Waals surface area contributed by atoms with Gasteiger partial charge < -0.3 is 23.4 Å². The van der Waals surface area contributed by atoms with Gasteiger partial charge in [0.1, 0.15) is 23.0 Å². The van der Waals surface area contributed by atoms with E-state index in [0.717, 1.165) is 66.9 Å². The number of nitrogens with zero attached hydrogens (tertiary/aromatic N) is 2. The summed E-state index contributed by atoms with van der Waals surface area (Å²) in [5, 5.41) is 0. The van der Waals surface area contributed by atoms with E-state index in [-0.39, 0.29) is 0 Å². The number of morpholine rings is 1. The van der Waals surface area contributed by atoms with E-state index < -0.39 is 0 Å². The second-order valence-corrected chi connectivity index (χ2v) is 8.04. The first-order valence-electron chi connectivity index (χ1n) is 11.3. The zero-order valence-corrected chi connectivity index (χ0v) is 19.4. The van der Waals surface area contributed by atoms with Gasteiger partial charge in [-0.3, -0.25) is 4.90 Å². The molecule has 1 aliphatic rings. The molecule has 0 spiro atoms. The van der Waals surface area contributed by atoms with Crippen molar-refractivity contribution in [3.05, 3.63) is 77.0 Å². The lowest BCUT2D eigenvalue weighted by molar-refractivity contribution is 0.0176. The van der Waals surface area contributed by atoms with Crippen LogP contribution in [0.25, 0.3) is 0 Å². The molecule has 0 radical (unpaired) electrons. The van der Waals surface area contributed by atoms with E-state index in [4.69, 9.17) is 28.3 Å². The van der Waals surface area contributed by atoms with Crippen molar-refractivity contribution in [2.45, 2.75) is 19.4 Å². The van der Waals surface area contributed by atoms with Crippen LogP contribution in [0.1, 0.15) is 28.5 Å². The predicted molar refractivity (Wildman–Crippen MR) is 125 cm³/mol. The number of hydrogen-bond donors (Lipinski definition) is 0. The van der Waals surface area contributed by atoms with Crippen LogP contribution in [0.15, 0.2) is 52.9 Å². The molecule has 0 aliphatic carbocycles. The van der Waals surface area contributed by atoms with Crippen LogP contribution in [0.2, 0.25) is 0 Å². The monoisotopic (exact) mass is 452 g/mol. The Morgan fingerprint density at radius 3 is 2.24 bits per heavy atom. The van der Waals surface area contributed by atoms with Crippen LogP contribution in [-0.2, 0) is 28.9 Å². The molecule has 4 rings (SSSR count). The lowest BCUT2D eigenvalue weighted by Crippen LogP contribution is -2.38. The molecule has 1 aliphatic heterocycles. The highest BCUT2D eigenvalue weighted by Gasteiger charge is 2.16. The molecule has 1 aromatic heterocycles. The van der Waals surface area contributed by atoms with Crippen LogP contribution in [-0.4, -0.2) is 63.6 Å². The molecular weight excluding hydrogens is 420 g/mol. The van der Waals surface area contributed by atoms with Gasteiger partial charge in [0.2, 0.25) is 0 Å². The van der Waals surface area contributed by atoms with Crippen molar-refractivity contribution >= 4 is 0 Å². The van der Waals surface area contributed by atoms with Gasteiger partial charge in [-0.25, -0.2) is 4.98 Å². The lowest BCUT2D eigenvalue weighted by atomic mass is 10.1. The minimum absolute atomic E-state index is 0.422. The molecule has 33 heavy (non-hydrogen) atoms. The molecule has 1 saturated heterocycles. The van der Waals surface area contributed by atoms with Crippen LogP contribution in [0.4, 0.5) is 0 Å². The van der Waals surface area contributed by atoms with Gasteiger partial charge in [0.25, 0.3) is 0 Å². The highest BCUT2D eigenvalue weighted by Crippen LogP contribution is 2.22. The topological polar surface area (TPSA) is 66.2 Å². The molecule has 7 nitrogen and oxygen atoms in total. The van der Waals surface area contributed by atoms with Gasteiger partial charge in [-0.05, 0) is 35.4 Å². The fourth-order valence-corrected chi connectivity index (χ4v) is 3.88. The fourth-order valence-electron chi connectivity index (χ4n) is 3.88. The van der Waals surface area contributed by atoms with Gasteiger partial charge in [-0.15, -0.1) is 0 Å². The van der Waals surface area contributed by atoms with Crippen molar-refractivity contribution in [1.82, 2.24) is 9.88 Å². The van der Waals surface area contributed by atoms with Crippen LogP contribution >= 0.6 is 0 Å². The molecule has 176 valence electrons. The molecule has 0 amide bonds. The molecule has 0 bridgehead atoms. The van der Waals surface area contributed by atoms with Gasteiger partial charge in [0, 0.05) is 32.5 Å². The largest absolute Gasteiger partial charge is 0.497 e. The Labute approximate surface area is 195 Å². The normalized spacial score (nSPS) is 14.4. The minimum atomic E-state index is 0.422. The highest BCUT2D eigenvalue weighted by molar-refractivity contribution is 5.33. The summed E-state index contributed by atoms with van der Waals surface area (Å²) in [6.45, 7) is 5.46. The molecule has 0 atom stereocenters. The van der Waals surface area contributed by atoms with E-state index >= 15 is 0 Å². The van der Waals surface area contributed by atoms with E-state index in [1.807, 2.05) is 42.5 Å². The third-order valence-electron chi connectivity index (χ3n) is 5.71. The summed E-state index contributed by atoms with van der Waals surface area (Å²) in [7, 11) is 3.34. The smallest absolute Gasteiger partial charge is 0.199 e. The highest BCUT2D eigenvalue weighted by atomic mass is 16.5. The number of ether oxygens (including phenoxy) is 4. The summed E-state index contributed by atoms with van der Waals surface area (Å²) >= 11 is 0. The first kappa shape index (κ1) is 23.3. The lowest BCUT2D eigenvalue weighted by Gasteiger charge is -2.26. The number of oxazole rings is 1. The summed E-state index contributed by atoms with van der Waals surface area (Å²) in [6, 6.07) is 16.0. The fraction of sp³-hybridized carbons (Fsp3) is 0.423. The summed E-state index contributed by atoms with van der Waals surface area (Å²) in [5.41, 5.74) is 3.04. The summed E-state index contributed by atoms with van der Waals surface area (Å²) in [4.78, 5) is 7.15. The minimum Gasteiger partial charge on any atom is -0.497 e. The Hall–Kier alpha value is -2.87. The molecule has 2 heterocycles. The summed E-state index contributed by atoms with van der Waals surface area (Å²) in [5.74, 6) is 3.15. The Balaban J connectivity index is 1.45. The number of aromatic nitrogens is 1. The van der Waals surface area contributed by atoms with Gasteiger partial charge in [-0.2, -0.15) is 0 Å². The van der Waals surface area contributed by atoms with E-state index in [1.165, 1.54) is 0 Å². The maximum atomic E-state index is 6.22. The third-order valence-corrected chi connectivity index (χ3v) is 5.71. The van der Waals surface area contributed by atoms with Crippen molar-refractivity contribution < 1.29 is 23.4 Å². The predicted octanol–water partition coefficient (Wildman–Crippen LogP) is 3.72. The van der Waals surface area contributed by atoms with Crippen molar-refractivity contribution in [2.75, 3.05) is 53.7 Å². The Morgan fingerprint density at radius 1 is 0.909 bits per heavy atom. The Bertz CT molecular complexity index is 1010.